The lowest BCUT2D eigenvalue weighted by Crippen LogP contribution is -2.08. The molecule has 16 heavy (non-hydrogen) atoms. The number of benzene rings is 1. The number of rotatable bonds is 1. The van der Waals surface area contributed by atoms with Crippen LogP contribution < -0.4 is 14.9 Å². The van der Waals surface area contributed by atoms with Crippen LogP contribution in [0.1, 0.15) is 5.56 Å². The zero-order valence-electron chi connectivity index (χ0n) is 8.87. The molecule has 4 heteroatoms. The molecule has 3 rings (SSSR count). The lowest BCUT2D eigenvalue weighted by molar-refractivity contribution is 0.346. The molecule has 0 saturated heterocycles. The average molecular weight is 217 g/mol. The molecular weight excluding hydrogens is 206 g/mol. The van der Waals surface area contributed by atoms with Gasteiger partial charge in [-0.2, -0.15) is 0 Å². The molecule has 4 nitrogen and oxygen atoms in total. The smallest absolute Gasteiger partial charge is 0.198 e. The van der Waals surface area contributed by atoms with E-state index >= 15 is 0 Å². The fourth-order valence-electron chi connectivity index (χ4n) is 2.02. The van der Waals surface area contributed by atoms with Crippen LogP contribution in [0.3, 0.4) is 0 Å². The monoisotopic (exact) mass is 217 g/mol. The lowest BCUT2D eigenvalue weighted by Gasteiger charge is -2.05. The van der Waals surface area contributed by atoms with Crippen molar-refractivity contribution in [2.45, 2.75) is 6.42 Å². The number of ether oxygens (including phenoxy) is 2. The van der Waals surface area contributed by atoms with Gasteiger partial charge in [-0.15, -0.1) is 0 Å². The van der Waals surface area contributed by atoms with E-state index in [1.165, 1.54) is 0 Å². The van der Waals surface area contributed by atoms with Crippen molar-refractivity contribution in [3.05, 3.63) is 34.0 Å². The maximum Gasteiger partial charge on any atom is 0.198 e. The van der Waals surface area contributed by atoms with Crippen molar-refractivity contribution in [1.29, 1.82) is 0 Å². The van der Waals surface area contributed by atoms with Crippen LogP contribution in [0.2, 0.25) is 0 Å². The van der Waals surface area contributed by atoms with Crippen molar-refractivity contribution < 1.29 is 9.47 Å². The SMILES string of the molecule is COc1ccc2c(=O)c3c([nH]c2c1)OCC3. The molecule has 0 radical (unpaired) electrons. The Bertz CT molecular complexity index is 615. The molecule has 0 amide bonds. The number of nitrogens with one attached hydrogen (secondary N) is 1. The van der Waals surface area contributed by atoms with Crippen molar-refractivity contribution in [3.8, 4) is 11.6 Å². The Balaban J connectivity index is 2.37. The minimum absolute atomic E-state index is 0.0592. The van der Waals surface area contributed by atoms with Crippen LogP contribution >= 0.6 is 0 Å². The third-order valence-corrected chi connectivity index (χ3v) is 2.87. The molecule has 1 aliphatic heterocycles. The first-order valence-corrected chi connectivity index (χ1v) is 5.15. The molecule has 1 N–H and O–H groups in total. The second-order valence-corrected chi connectivity index (χ2v) is 3.77. The van der Waals surface area contributed by atoms with E-state index in [0.29, 0.717) is 24.3 Å². The molecule has 2 heterocycles. The normalized spacial score (nSPS) is 13.6. The number of hydrogen-bond donors (Lipinski definition) is 1. The van der Waals surface area contributed by atoms with Gasteiger partial charge in [-0.25, -0.2) is 0 Å². The van der Waals surface area contributed by atoms with Gasteiger partial charge in [-0.05, 0) is 12.1 Å². The number of aromatic amines is 1. The molecule has 0 fully saturated rings. The van der Waals surface area contributed by atoms with E-state index in [9.17, 15) is 4.79 Å². The van der Waals surface area contributed by atoms with E-state index in [1.54, 1.807) is 25.3 Å². The highest BCUT2D eigenvalue weighted by Crippen LogP contribution is 2.24. The Hall–Kier alpha value is -1.97. The maximum atomic E-state index is 12.1. The van der Waals surface area contributed by atoms with Crippen molar-refractivity contribution in [3.63, 3.8) is 0 Å². The fourth-order valence-corrected chi connectivity index (χ4v) is 2.02. The quantitative estimate of drug-likeness (QED) is 0.787. The summed E-state index contributed by atoms with van der Waals surface area (Å²) in [5.41, 5.74) is 1.56. The molecule has 0 aliphatic carbocycles. The molecule has 0 spiro atoms. The highest BCUT2D eigenvalue weighted by molar-refractivity contribution is 5.81. The summed E-state index contributed by atoms with van der Waals surface area (Å²) in [4.78, 5) is 15.2. The van der Waals surface area contributed by atoms with E-state index < -0.39 is 0 Å². The summed E-state index contributed by atoms with van der Waals surface area (Å²) in [6.45, 7) is 0.578. The molecule has 0 unspecified atom stereocenters. The fraction of sp³-hybridized carbons (Fsp3) is 0.250. The Morgan fingerprint density at radius 1 is 1.44 bits per heavy atom. The van der Waals surface area contributed by atoms with Gasteiger partial charge in [0.15, 0.2) is 11.3 Å². The molecule has 2 aromatic rings. The van der Waals surface area contributed by atoms with Crippen LogP contribution in [0.15, 0.2) is 23.0 Å². The van der Waals surface area contributed by atoms with E-state index in [4.69, 9.17) is 9.47 Å². The summed E-state index contributed by atoms with van der Waals surface area (Å²) < 4.78 is 10.5. The predicted molar refractivity (Wildman–Crippen MR) is 60.3 cm³/mol. The van der Waals surface area contributed by atoms with Gasteiger partial charge in [-0.3, -0.25) is 4.79 Å². The van der Waals surface area contributed by atoms with Gasteiger partial charge >= 0.3 is 0 Å². The minimum Gasteiger partial charge on any atom is -0.497 e. The zero-order chi connectivity index (χ0) is 11.1. The van der Waals surface area contributed by atoms with Crippen LogP contribution in [0.4, 0.5) is 0 Å². The maximum absolute atomic E-state index is 12.1. The van der Waals surface area contributed by atoms with Crippen LogP contribution in [-0.4, -0.2) is 18.7 Å². The Labute approximate surface area is 91.8 Å². The van der Waals surface area contributed by atoms with Gasteiger partial charge in [0.25, 0.3) is 0 Å². The summed E-state index contributed by atoms with van der Waals surface area (Å²) in [7, 11) is 1.60. The van der Waals surface area contributed by atoms with Crippen molar-refractivity contribution in [1.82, 2.24) is 4.98 Å². The number of pyridine rings is 1. The van der Waals surface area contributed by atoms with Crippen LogP contribution in [0.25, 0.3) is 10.9 Å². The Kier molecular flexibility index (Phi) is 1.89. The molecule has 0 saturated carbocycles. The number of fused-ring (bicyclic) bond motifs is 2. The van der Waals surface area contributed by atoms with E-state index in [0.717, 1.165) is 16.8 Å². The zero-order valence-corrected chi connectivity index (χ0v) is 8.87. The highest BCUT2D eigenvalue weighted by Gasteiger charge is 2.18. The molecule has 0 atom stereocenters. The Morgan fingerprint density at radius 3 is 3.12 bits per heavy atom. The first-order valence-electron chi connectivity index (χ1n) is 5.15. The standard InChI is InChI=1S/C12H11NO3/c1-15-7-2-3-8-10(6-7)13-12-9(11(8)14)4-5-16-12/h2-3,6H,4-5H2,1H3,(H,13,14). The summed E-state index contributed by atoms with van der Waals surface area (Å²) in [5, 5.41) is 0.685. The molecule has 82 valence electrons. The molecule has 1 aromatic heterocycles. The second-order valence-electron chi connectivity index (χ2n) is 3.77. The lowest BCUT2D eigenvalue weighted by atomic mass is 10.1. The van der Waals surface area contributed by atoms with Gasteiger partial charge in [0.1, 0.15) is 5.75 Å². The van der Waals surface area contributed by atoms with E-state index in [-0.39, 0.29) is 5.43 Å². The van der Waals surface area contributed by atoms with Gasteiger partial charge in [-0.1, -0.05) is 0 Å². The summed E-state index contributed by atoms with van der Waals surface area (Å²) in [5.74, 6) is 1.33. The first-order chi connectivity index (χ1) is 7.79. The van der Waals surface area contributed by atoms with Gasteiger partial charge in [0.2, 0.25) is 0 Å². The van der Waals surface area contributed by atoms with Gasteiger partial charge < -0.3 is 14.5 Å². The summed E-state index contributed by atoms with van der Waals surface area (Å²) in [6, 6.07) is 5.38. The third-order valence-electron chi connectivity index (χ3n) is 2.87. The van der Waals surface area contributed by atoms with Crippen LogP contribution in [0, 0.1) is 0 Å². The van der Waals surface area contributed by atoms with Crippen molar-refractivity contribution in [2.75, 3.05) is 13.7 Å². The molecule has 1 aliphatic rings. The third kappa shape index (κ3) is 1.19. The predicted octanol–water partition coefficient (Wildman–Crippen LogP) is 1.47. The van der Waals surface area contributed by atoms with Crippen LogP contribution in [-0.2, 0) is 6.42 Å². The number of hydrogen-bond acceptors (Lipinski definition) is 3. The largest absolute Gasteiger partial charge is 0.497 e. The Morgan fingerprint density at radius 2 is 2.31 bits per heavy atom. The van der Waals surface area contributed by atoms with Gasteiger partial charge in [0, 0.05) is 17.9 Å². The number of H-pyrrole nitrogens is 1. The number of methoxy groups -OCH3 is 1. The second kappa shape index (κ2) is 3.27. The van der Waals surface area contributed by atoms with E-state index in [1.807, 2.05) is 0 Å². The highest BCUT2D eigenvalue weighted by atomic mass is 16.5. The minimum atomic E-state index is 0.0592. The number of aromatic nitrogens is 1. The average Bonchev–Trinajstić information content (AvgIpc) is 2.77. The van der Waals surface area contributed by atoms with Crippen molar-refractivity contribution in [2.24, 2.45) is 0 Å². The molecular formula is C12H11NO3. The molecule has 1 aromatic carbocycles. The van der Waals surface area contributed by atoms with Gasteiger partial charge in [0.05, 0.1) is 24.8 Å². The molecule has 0 bridgehead atoms. The summed E-state index contributed by atoms with van der Waals surface area (Å²) >= 11 is 0. The summed E-state index contributed by atoms with van der Waals surface area (Å²) in [6.07, 6.45) is 0.687. The van der Waals surface area contributed by atoms with Crippen LogP contribution in [0.5, 0.6) is 11.6 Å². The van der Waals surface area contributed by atoms with E-state index in [2.05, 4.69) is 4.98 Å². The topological polar surface area (TPSA) is 51.3 Å². The first kappa shape index (κ1) is 9.27. The van der Waals surface area contributed by atoms with Crippen molar-refractivity contribution >= 4 is 10.9 Å².